The molecule has 1 aromatic heterocycles. The van der Waals surface area contributed by atoms with E-state index in [0.29, 0.717) is 22.7 Å². The van der Waals surface area contributed by atoms with Gasteiger partial charge in [0, 0.05) is 39.8 Å². The van der Waals surface area contributed by atoms with Crippen molar-refractivity contribution in [1.82, 2.24) is 9.99 Å². The van der Waals surface area contributed by atoms with Crippen LogP contribution in [0.1, 0.15) is 27.0 Å². The van der Waals surface area contributed by atoms with E-state index in [0.717, 1.165) is 22.0 Å². The number of fused-ring (bicyclic) bond motifs is 1. The molecule has 4 aromatic rings. The minimum atomic E-state index is -0.311. The van der Waals surface area contributed by atoms with Crippen LogP contribution in [0.2, 0.25) is 5.02 Å². The quantitative estimate of drug-likeness (QED) is 0.371. The first-order valence-electron chi connectivity index (χ1n) is 9.30. The van der Waals surface area contributed by atoms with E-state index >= 15 is 0 Å². The van der Waals surface area contributed by atoms with Crippen molar-refractivity contribution in [2.75, 3.05) is 0 Å². The van der Waals surface area contributed by atoms with Gasteiger partial charge in [0.15, 0.2) is 0 Å². The number of hydrazone groups is 1. The van der Waals surface area contributed by atoms with E-state index in [1.165, 1.54) is 0 Å². The highest BCUT2D eigenvalue weighted by atomic mass is 35.5. The third-order valence-electron chi connectivity index (χ3n) is 4.77. The second kappa shape index (κ2) is 8.64. The van der Waals surface area contributed by atoms with Gasteiger partial charge in [0.1, 0.15) is 0 Å². The van der Waals surface area contributed by atoms with E-state index in [2.05, 4.69) is 21.2 Å². The lowest BCUT2D eigenvalue weighted by Gasteiger charge is -2.07. The van der Waals surface area contributed by atoms with Crippen molar-refractivity contribution in [2.45, 2.75) is 6.54 Å². The summed E-state index contributed by atoms with van der Waals surface area (Å²) in [5, 5.41) is 15.1. The molecule has 6 heteroatoms. The fourth-order valence-corrected chi connectivity index (χ4v) is 3.41. The maximum Gasteiger partial charge on any atom is 0.271 e. The Labute approximate surface area is 178 Å². The molecule has 0 radical (unpaired) electrons. The van der Waals surface area contributed by atoms with Crippen LogP contribution < -0.4 is 5.43 Å². The average molecular weight is 413 g/mol. The van der Waals surface area contributed by atoms with Crippen molar-refractivity contribution in [3.8, 4) is 6.07 Å². The molecule has 146 valence electrons. The van der Waals surface area contributed by atoms with E-state index < -0.39 is 0 Å². The van der Waals surface area contributed by atoms with Crippen molar-refractivity contribution >= 4 is 34.6 Å². The van der Waals surface area contributed by atoms with E-state index in [4.69, 9.17) is 11.6 Å². The van der Waals surface area contributed by atoms with Crippen molar-refractivity contribution in [3.05, 3.63) is 106 Å². The van der Waals surface area contributed by atoms with E-state index in [1.54, 1.807) is 30.5 Å². The van der Waals surface area contributed by atoms with E-state index in [9.17, 15) is 10.1 Å². The van der Waals surface area contributed by atoms with Gasteiger partial charge in [0.05, 0.1) is 17.8 Å². The first-order valence-corrected chi connectivity index (χ1v) is 9.68. The molecule has 0 aliphatic heterocycles. The van der Waals surface area contributed by atoms with Gasteiger partial charge in [-0.25, -0.2) is 5.43 Å². The molecule has 4 rings (SSSR count). The van der Waals surface area contributed by atoms with Gasteiger partial charge in [-0.1, -0.05) is 48.0 Å². The van der Waals surface area contributed by atoms with Crippen LogP contribution in [0.25, 0.3) is 10.9 Å². The van der Waals surface area contributed by atoms with Crippen LogP contribution >= 0.6 is 11.6 Å². The number of halogens is 1. The highest BCUT2D eigenvalue weighted by Crippen LogP contribution is 2.22. The maximum absolute atomic E-state index is 12.2. The Kier molecular flexibility index (Phi) is 5.60. The van der Waals surface area contributed by atoms with Gasteiger partial charge in [-0.15, -0.1) is 0 Å². The summed E-state index contributed by atoms with van der Waals surface area (Å²) in [6.07, 6.45) is 3.60. The molecule has 0 spiro atoms. The molecule has 0 bridgehead atoms. The summed E-state index contributed by atoms with van der Waals surface area (Å²) >= 11 is 5.85. The zero-order valence-electron chi connectivity index (χ0n) is 15.9. The second-order valence-electron chi connectivity index (χ2n) is 6.70. The highest BCUT2D eigenvalue weighted by Gasteiger charge is 2.09. The Bertz CT molecular complexity index is 1280. The number of hydrogen-bond acceptors (Lipinski definition) is 3. The molecule has 5 nitrogen and oxygen atoms in total. The molecule has 0 fully saturated rings. The topological polar surface area (TPSA) is 70.2 Å². The molecule has 1 N–H and O–H groups in total. The molecule has 3 aromatic carbocycles. The van der Waals surface area contributed by atoms with Crippen molar-refractivity contribution in [1.29, 1.82) is 5.26 Å². The van der Waals surface area contributed by atoms with Crippen molar-refractivity contribution in [2.24, 2.45) is 5.10 Å². The van der Waals surface area contributed by atoms with Gasteiger partial charge < -0.3 is 4.57 Å². The number of aromatic nitrogens is 1. The van der Waals surface area contributed by atoms with Crippen LogP contribution in [0, 0.1) is 11.3 Å². The normalized spacial score (nSPS) is 10.9. The highest BCUT2D eigenvalue weighted by molar-refractivity contribution is 6.30. The number of nitrogens with zero attached hydrogens (tertiary/aromatic N) is 3. The second-order valence-corrected chi connectivity index (χ2v) is 7.14. The maximum atomic E-state index is 12.2. The summed E-state index contributed by atoms with van der Waals surface area (Å²) in [4.78, 5) is 12.2. The number of carbonyl (C=O) groups excluding carboxylic acids is 1. The first-order chi connectivity index (χ1) is 14.7. The van der Waals surface area contributed by atoms with Crippen LogP contribution in [0.4, 0.5) is 0 Å². The summed E-state index contributed by atoms with van der Waals surface area (Å²) in [7, 11) is 0. The van der Waals surface area contributed by atoms with Crippen LogP contribution in [0.15, 0.2) is 84.1 Å². The minimum Gasteiger partial charge on any atom is -0.342 e. The number of nitriles is 1. The third-order valence-corrected chi connectivity index (χ3v) is 5.03. The summed E-state index contributed by atoms with van der Waals surface area (Å²) in [6, 6.07) is 24.4. The van der Waals surface area contributed by atoms with Crippen LogP contribution in [0.3, 0.4) is 0 Å². The standard InChI is InChI=1S/C24H17ClN4O/c25-21-11-9-17(10-12-21)24(30)28-27-14-20-16-29(23-8-4-3-7-22(20)23)15-19-6-2-1-5-18(19)13-26/h1-12,14,16H,15H2,(H,28,30)/b27-14-. The number of amides is 1. The van der Waals surface area contributed by atoms with Gasteiger partial charge in [-0.05, 0) is 42.0 Å². The monoisotopic (exact) mass is 412 g/mol. The van der Waals surface area contributed by atoms with Gasteiger partial charge in [-0.3, -0.25) is 4.79 Å². The smallest absolute Gasteiger partial charge is 0.271 e. The summed E-state index contributed by atoms with van der Waals surface area (Å²) in [6.45, 7) is 0.565. The van der Waals surface area contributed by atoms with Crippen LogP contribution in [0.5, 0.6) is 0 Å². The lowest BCUT2D eigenvalue weighted by atomic mass is 10.1. The number of benzene rings is 3. The molecule has 1 heterocycles. The first kappa shape index (κ1) is 19.4. The lowest BCUT2D eigenvalue weighted by Crippen LogP contribution is -2.17. The molecule has 0 aliphatic rings. The third kappa shape index (κ3) is 4.09. The molecular formula is C24H17ClN4O. The molecular weight excluding hydrogens is 396 g/mol. The summed E-state index contributed by atoms with van der Waals surface area (Å²) in [5.74, 6) is -0.311. The summed E-state index contributed by atoms with van der Waals surface area (Å²) < 4.78 is 2.08. The Morgan fingerprint density at radius 3 is 2.60 bits per heavy atom. The number of nitrogens with one attached hydrogen (secondary N) is 1. The SMILES string of the molecule is N#Cc1ccccc1Cn1cc(/C=N\NC(=O)c2ccc(Cl)cc2)c2ccccc21. The van der Waals surface area contributed by atoms with Crippen molar-refractivity contribution < 1.29 is 4.79 Å². The Hall–Kier alpha value is -3.88. The number of para-hydroxylation sites is 1. The van der Waals surface area contributed by atoms with E-state index in [-0.39, 0.29) is 5.91 Å². The Morgan fingerprint density at radius 2 is 1.80 bits per heavy atom. The molecule has 0 unspecified atom stereocenters. The predicted molar refractivity (Wildman–Crippen MR) is 119 cm³/mol. The van der Waals surface area contributed by atoms with E-state index in [1.807, 2.05) is 54.7 Å². The van der Waals surface area contributed by atoms with Crippen LogP contribution in [-0.2, 0) is 6.54 Å². The molecule has 1 amide bonds. The van der Waals surface area contributed by atoms with Gasteiger partial charge in [0.25, 0.3) is 5.91 Å². The fraction of sp³-hybridized carbons (Fsp3) is 0.0417. The molecule has 0 atom stereocenters. The van der Waals surface area contributed by atoms with Gasteiger partial charge in [0.2, 0.25) is 0 Å². The fourth-order valence-electron chi connectivity index (χ4n) is 3.29. The van der Waals surface area contributed by atoms with Crippen LogP contribution in [-0.4, -0.2) is 16.7 Å². The van der Waals surface area contributed by atoms with Crippen molar-refractivity contribution in [3.63, 3.8) is 0 Å². The van der Waals surface area contributed by atoms with Gasteiger partial charge >= 0.3 is 0 Å². The molecule has 0 saturated carbocycles. The molecule has 30 heavy (non-hydrogen) atoms. The summed E-state index contributed by atoms with van der Waals surface area (Å²) in [5.41, 5.74) is 6.52. The zero-order valence-corrected chi connectivity index (χ0v) is 16.7. The molecule has 0 saturated heterocycles. The number of carbonyl (C=O) groups is 1. The average Bonchev–Trinajstić information content (AvgIpc) is 3.12. The lowest BCUT2D eigenvalue weighted by molar-refractivity contribution is 0.0955. The Balaban J connectivity index is 1.59. The minimum absolute atomic E-state index is 0.311. The van der Waals surface area contributed by atoms with Gasteiger partial charge in [-0.2, -0.15) is 10.4 Å². The molecule has 0 aliphatic carbocycles. The largest absolute Gasteiger partial charge is 0.342 e. The number of hydrogen-bond donors (Lipinski definition) is 1. The Morgan fingerprint density at radius 1 is 1.07 bits per heavy atom. The number of rotatable bonds is 5. The predicted octanol–water partition coefficient (Wildman–Crippen LogP) is 4.98. The zero-order chi connectivity index (χ0) is 20.9.